The monoisotopic (exact) mass is 316 g/mol. The van der Waals surface area contributed by atoms with Crippen molar-refractivity contribution in [2.75, 3.05) is 6.61 Å². The predicted molar refractivity (Wildman–Crippen MR) is 82.9 cm³/mol. The maximum atomic E-state index is 12.7. The molecule has 5 nitrogen and oxygen atoms in total. The zero-order valence-electron chi connectivity index (χ0n) is 12.7. The lowest BCUT2D eigenvalue weighted by Gasteiger charge is -2.04. The Kier molecular flexibility index (Phi) is 4.41. The predicted octanol–water partition coefficient (Wildman–Crippen LogP) is 3.07. The van der Waals surface area contributed by atoms with Crippen molar-refractivity contribution in [1.82, 2.24) is 5.43 Å². The van der Waals surface area contributed by atoms with Crippen LogP contribution in [0.4, 0.5) is 4.39 Å². The maximum absolute atomic E-state index is 12.7. The first-order valence-corrected chi connectivity index (χ1v) is 7.42. The molecular weight excluding hydrogens is 299 g/mol. The third kappa shape index (κ3) is 4.18. The Labute approximate surface area is 133 Å². The molecule has 1 heterocycles. The zero-order valence-corrected chi connectivity index (χ0v) is 12.7. The highest BCUT2D eigenvalue weighted by molar-refractivity contribution is 5.81. The largest absolute Gasteiger partial charge is 0.484 e. The normalized spacial score (nSPS) is 19.7. The fourth-order valence-corrected chi connectivity index (χ4v) is 2.24. The van der Waals surface area contributed by atoms with Gasteiger partial charge in [0.15, 0.2) is 6.61 Å². The molecule has 0 unspecified atom stereocenters. The third-order valence-electron chi connectivity index (χ3n) is 3.69. The van der Waals surface area contributed by atoms with Crippen LogP contribution >= 0.6 is 0 Å². The number of hydrogen-bond donors (Lipinski definition) is 1. The van der Waals surface area contributed by atoms with Crippen LogP contribution in [0.3, 0.4) is 0 Å². The molecule has 0 spiro atoms. The minimum atomic E-state index is -0.409. The number of nitrogens with one attached hydrogen (secondary N) is 1. The van der Waals surface area contributed by atoms with Crippen molar-refractivity contribution in [2.45, 2.75) is 19.3 Å². The molecule has 0 radical (unpaired) electrons. The van der Waals surface area contributed by atoms with Gasteiger partial charge in [0.1, 0.15) is 23.1 Å². The van der Waals surface area contributed by atoms with Crippen LogP contribution in [0, 0.1) is 11.7 Å². The first kappa shape index (κ1) is 15.3. The second kappa shape index (κ2) is 6.64. The summed E-state index contributed by atoms with van der Waals surface area (Å²) in [5.74, 6) is 2.40. The van der Waals surface area contributed by atoms with Crippen LogP contribution in [0.15, 0.2) is 45.9 Å². The second-order valence-electron chi connectivity index (χ2n) is 5.60. The van der Waals surface area contributed by atoms with Gasteiger partial charge in [0.2, 0.25) is 0 Å². The van der Waals surface area contributed by atoms with E-state index in [0.29, 0.717) is 23.3 Å². The smallest absolute Gasteiger partial charge is 0.277 e. The summed E-state index contributed by atoms with van der Waals surface area (Å²) in [6, 6.07) is 9.20. The van der Waals surface area contributed by atoms with E-state index in [-0.39, 0.29) is 12.4 Å². The highest BCUT2D eigenvalue weighted by Crippen LogP contribution is 2.47. The average molecular weight is 316 g/mol. The molecule has 0 saturated heterocycles. The number of halogens is 1. The summed E-state index contributed by atoms with van der Waals surface area (Å²) in [6.45, 7) is 1.98. The summed E-state index contributed by atoms with van der Waals surface area (Å²) in [5, 5.41) is 3.82. The van der Waals surface area contributed by atoms with Crippen molar-refractivity contribution in [3.63, 3.8) is 0 Å². The summed E-state index contributed by atoms with van der Waals surface area (Å²) in [5.41, 5.74) is 2.35. The minimum absolute atomic E-state index is 0.202. The van der Waals surface area contributed by atoms with Crippen LogP contribution < -0.4 is 10.2 Å². The minimum Gasteiger partial charge on any atom is -0.484 e. The quantitative estimate of drug-likeness (QED) is 0.658. The summed E-state index contributed by atoms with van der Waals surface area (Å²) in [7, 11) is 0. The van der Waals surface area contributed by atoms with Gasteiger partial charge in [-0.2, -0.15) is 5.10 Å². The fraction of sp³-hybridized carbons (Fsp3) is 0.294. The fourth-order valence-electron chi connectivity index (χ4n) is 2.24. The van der Waals surface area contributed by atoms with E-state index in [9.17, 15) is 9.18 Å². The molecule has 2 atom stereocenters. The topological polar surface area (TPSA) is 63.8 Å². The van der Waals surface area contributed by atoms with Crippen LogP contribution in [0.5, 0.6) is 5.75 Å². The van der Waals surface area contributed by atoms with Gasteiger partial charge in [-0.15, -0.1) is 0 Å². The highest BCUT2D eigenvalue weighted by Gasteiger charge is 2.36. The van der Waals surface area contributed by atoms with E-state index in [4.69, 9.17) is 9.15 Å². The van der Waals surface area contributed by atoms with Gasteiger partial charge < -0.3 is 9.15 Å². The zero-order chi connectivity index (χ0) is 16.2. The number of hydrogen-bond acceptors (Lipinski definition) is 4. The summed E-state index contributed by atoms with van der Waals surface area (Å²) in [6.07, 6.45) is 2.61. The maximum Gasteiger partial charge on any atom is 0.277 e. The molecule has 120 valence electrons. The lowest BCUT2D eigenvalue weighted by molar-refractivity contribution is -0.123. The average Bonchev–Trinajstić information content (AvgIpc) is 3.08. The van der Waals surface area contributed by atoms with Gasteiger partial charge in [0.25, 0.3) is 5.91 Å². The van der Waals surface area contributed by atoms with Crippen molar-refractivity contribution in [3.05, 3.63) is 53.7 Å². The molecule has 0 bridgehead atoms. The molecule has 1 aliphatic rings. The molecule has 1 aliphatic carbocycles. The van der Waals surface area contributed by atoms with E-state index in [0.717, 1.165) is 12.2 Å². The van der Waals surface area contributed by atoms with Gasteiger partial charge in [-0.3, -0.25) is 4.79 Å². The Balaban J connectivity index is 1.43. The van der Waals surface area contributed by atoms with Crippen molar-refractivity contribution in [2.24, 2.45) is 11.0 Å². The van der Waals surface area contributed by atoms with Crippen LogP contribution in [-0.4, -0.2) is 18.7 Å². The number of amides is 1. The summed E-state index contributed by atoms with van der Waals surface area (Å²) >= 11 is 0. The van der Waals surface area contributed by atoms with Crippen LogP contribution in [0.1, 0.15) is 30.8 Å². The van der Waals surface area contributed by atoms with E-state index in [2.05, 4.69) is 17.5 Å². The molecule has 2 aromatic rings. The van der Waals surface area contributed by atoms with Crippen molar-refractivity contribution in [1.29, 1.82) is 0 Å². The van der Waals surface area contributed by atoms with E-state index >= 15 is 0 Å². The molecule has 0 aliphatic heterocycles. The first-order valence-electron chi connectivity index (χ1n) is 7.42. The number of ether oxygens (including phenoxy) is 1. The number of benzene rings is 1. The van der Waals surface area contributed by atoms with Gasteiger partial charge in [0, 0.05) is 5.92 Å². The van der Waals surface area contributed by atoms with Gasteiger partial charge >= 0.3 is 0 Å². The Hall–Kier alpha value is -2.63. The van der Waals surface area contributed by atoms with E-state index < -0.39 is 5.91 Å². The standard InChI is InChI=1S/C17H17FN2O3/c1-11-8-15(11)16-7-6-14(23-16)9-19-20-17(21)10-22-13-4-2-12(18)3-5-13/h2-7,9,11,15H,8,10H2,1H3,(H,20,21)/b19-9-/t11-,15-/m1/s1. The summed E-state index contributed by atoms with van der Waals surface area (Å²) in [4.78, 5) is 11.6. The molecule has 1 aromatic heterocycles. The van der Waals surface area contributed by atoms with Crippen molar-refractivity contribution >= 4 is 12.1 Å². The molecule has 1 saturated carbocycles. The van der Waals surface area contributed by atoms with Crippen LogP contribution in [0.25, 0.3) is 0 Å². The molecule has 1 aromatic carbocycles. The van der Waals surface area contributed by atoms with Gasteiger partial charge in [-0.1, -0.05) is 6.92 Å². The number of carbonyl (C=O) groups is 1. The Morgan fingerprint density at radius 1 is 1.39 bits per heavy atom. The lowest BCUT2D eigenvalue weighted by Crippen LogP contribution is -2.24. The highest BCUT2D eigenvalue weighted by atomic mass is 19.1. The van der Waals surface area contributed by atoms with Crippen molar-refractivity contribution in [3.8, 4) is 5.75 Å². The van der Waals surface area contributed by atoms with E-state index in [1.165, 1.54) is 30.5 Å². The second-order valence-corrected chi connectivity index (χ2v) is 5.60. The number of furan rings is 1. The number of carbonyl (C=O) groups excluding carboxylic acids is 1. The SMILES string of the molecule is C[C@@H]1C[C@H]1c1ccc(/C=N\NC(=O)COc2ccc(F)cc2)o1. The van der Waals surface area contributed by atoms with Gasteiger partial charge in [-0.05, 0) is 48.7 Å². The number of hydrazone groups is 1. The lowest BCUT2D eigenvalue weighted by atomic mass is 10.3. The molecule has 3 rings (SSSR count). The molecule has 1 amide bonds. The van der Waals surface area contributed by atoms with Crippen LogP contribution in [0.2, 0.25) is 0 Å². The third-order valence-corrected chi connectivity index (χ3v) is 3.69. The van der Waals surface area contributed by atoms with E-state index in [1.807, 2.05) is 12.1 Å². The van der Waals surface area contributed by atoms with Crippen molar-refractivity contribution < 1.29 is 18.3 Å². The number of rotatable bonds is 6. The molecule has 1 fully saturated rings. The Bertz CT molecular complexity index is 709. The van der Waals surface area contributed by atoms with Crippen LogP contribution in [-0.2, 0) is 4.79 Å². The van der Waals surface area contributed by atoms with Gasteiger partial charge in [-0.25, -0.2) is 9.82 Å². The van der Waals surface area contributed by atoms with Gasteiger partial charge in [0.05, 0.1) is 6.21 Å². The van der Waals surface area contributed by atoms with E-state index in [1.54, 1.807) is 0 Å². The number of nitrogens with zero attached hydrogens (tertiary/aromatic N) is 1. The summed E-state index contributed by atoms with van der Waals surface area (Å²) < 4.78 is 23.6. The Morgan fingerprint density at radius 2 is 2.13 bits per heavy atom. The molecule has 6 heteroatoms. The molecular formula is C17H17FN2O3. The first-order chi connectivity index (χ1) is 11.1. The molecule has 1 N–H and O–H groups in total. The molecule has 23 heavy (non-hydrogen) atoms. The Morgan fingerprint density at radius 3 is 2.83 bits per heavy atom.